The van der Waals surface area contributed by atoms with Gasteiger partial charge in [-0.2, -0.15) is 5.53 Å². The molecule has 0 radical (unpaired) electrons. The highest BCUT2D eigenvalue weighted by Gasteiger charge is 1.62. The Morgan fingerprint density at radius 1 is 0.889 bits per heavy atom. The van der Waals surface area contributed by atoms with Gasteiger partial charge in [-0.1, -0.05) is 4.63 Å². The van der Waals surface area contributed by atoms with Gasteiger partial charge in [-0.15, -0.1) is 0 Å². The highest BCUT2D eigenvalue weighted by Crippen LogP contribution is 1.84. The molecule has 0 bridgehead atoms. The summed E-state index contributed by atoms with van der Waals surface area (Å²) in [6.45, 7) is 0. The Balaban J connectivity index is 3.46. The molecule has 0 heterocycles. The van der Waals surface area contributed by atoms with Crippen LogP contribution in [0.5, 0.6) is 0 Å². The molecule has 9 heteroatoms. The van der Waals surface area contributed by atoms with E-state index in [2.05, 4.69) is 47.7 Å². The van der Waals surface area contributed by atoms with Crippen LogP contribution < -0.4 is 0 Å². The van der Waals surface area contributed by atoms with Gasteiger partial charge in [-0.25, -0.2) is 0 Å². The Hall–Kier alpha value is -1.31. The molecule has 0 aliphatic rings. The maximum absolute atomic E-state index is 6.07. The molecule has 48 valence electrons. The van der Waals surface area contributed by atoms with Gasteiger partial charge in [0.15, 0.2) is 0 Å². The van der Waals surface area contributed by atoms with Crippen LogP contribution in [0.1, 0.15) is 0 Å². The summed E-state index contributed by atoms with van der Waals surface area (Å²) in [5, 5.41) is 16.7. The van der Waals surface area contributed by atoms with Crippen molar-refractivity contribution in [2.45, 2.75) is 0 Å². The van der Waals surface area contributed by atoms with Crippen molar-refractivity contribution in [3.05, 3.63) is 0 Å². The van der Waals surface area contributed by atoms with Crippen LogP contribution in [0.2, 0.25) is 0 Å². The van der Waals surface area contributed by atoms with Crippen molar-refractivity contribution in [1.82, 2.24) is 0 Å². The molecular formula is HClN8. The summed E-state index contributed by atoms with van der Waals surface area (Å²) in [5.41, 5.74) is 6.07. The zero-order chi connectivity index (χ0) is 6.95. The highest BCUT2D eigenvalue weighted by atomic mass is 35.5. The monoisotopic (exact) mass is 148 g/mol. The van der Waals surface area contributed by atoms with E-state index in [0.29, 0.717) is 0 Å². The topological polar surface area (TPSA) is 110 Å². The molecule has 0 aromatic rings. The van der Waals surface area contributed by atoms with Crippen molar-refractivity contribution in [2.24, 2.45) is 36.0 Å². The van der Waals surface area contributed by atoms with E-state index in [4.69, 9.17) is 5.53 Å². The second kappa shape index (κ2) is 6.69. The fourth-order valence-corrected chi connectivity index (χ4v) is 0.119. The minimum atomic E-state index is 2.48. The number of hydrogen-bond acceptors (Lipinski definition) is 2. The number of nitrogens with zero attached hydrogens (tertiary/aromatic N) is 7. The summed E-state index contributed by atoms with van der Waals surface area (Å²) < 4.78 is 2.69. The van der Waals surface area contributed by atoms with Crippen LogP contribution in [-0.4, -0.2) is 0 Å². The van der Waals surface area contributed by atoms with Crippen LogP contribution in [0.15, 0.2) is 36.0 Å². The predicted octanol–water partition coefficient (Wildman–Crippen LogP) is 2.27. The molecule has 0 aliphatic heterocycles. The summed E-state index contributed by atoms with van der Waals surface area (Å²) in [6, 6.07) is 0. The highest BCUT2D eigenvalue weighted by molar-refractivity contribution is 6.13. The van der Waals surface area contributed by atoms with Crippen molar-refractivity contribution in [2.75, 3.05) is 0 Å². The first-order valence-corrected chi connectivity index (χ1v) is 1.93. The molecule has 0 aromatic heterocycles. The summed E-state index contributed by atoms with van der Waals surface area (Å²) in [6.07, 6.45) is 0. The van der Waals surface area contributed by atoms with E-state index in [-0.39, 0.29) is 0 Å². The van der Waals surface area contributed by atoms with Crippen LogP contribution >= 0.6 is 11.8 Å². The molecule has 0 amide bonds. The molecule has 0 rings (SSSR count). The number of nitrogens with one attached hydrogen (secondary N) is 1. The molecule has 1 N–H and O–H groups in total. The normalized spacial score (nSPS) is 12.1. The lowest BCUT2D eigenvalue weighted by Gasteiger charge is -1.63. The standard InChI is InChI=1S/ClHN8/c1-3-5-7-9-8-6-4-2/h2H/b4-2?,5-3?,8-6+,9-7+. The van der Waals surface area contributed by atoms with E-state index in [1.807, 2.05) is 0 Å². The Labute approximate surface area is 54.3 Å². The number of hydrogen-bond donors (Lipinski definition) is 1. The molecule has 0 saturated heterocycles. The van der Waals surface area contributed by atoms with Gasteiger partial charge >= 0.3 is 0 Å². The number of halogens is 1. The summed E-state index contributed by atoms with van der Waals surface area (Å²) in [5.74, 6) is 0. The Kier molecular flexibility index (Phi) is 5.72. The minimum Gasteiger partial charge on any atom is -0.183 e. The predicted molar refractivity (Wildman–Crippen MR) is 25.6 cm³/mol. The fraction of sp³-hybridized carbons (Fsp3) is 0. The van der Waals surface area contributed by atoms with Gasteiger partial charge in [0.2, 0.25) is 0 Å². The van der Waals surface area contributed by atoms with Crippen LogP contribution in [0.4, 0.5) is 0 Å². The Morgan fingerprint density at radius 3 is 2.00 bits per heavy atom. The summed E-state index contributed by atoms with van der Waals surface area (Å²) in [7, 11) is 0. The molecule has 0 unspecified atom stereocenters. The van der Waals surface area contributed by atoms with Crippen LogP contribution in [0.3, 0.4) is 0 Å². The van der Waals surface area contributed by atoms with Crippen molar-refractivity contribution in [3.63, 3.8) is 0 Å². The second-order valence-electron chi connectivity index (χ2n) is 0.623. The van der Waals surface area contributed by atoms with Crippen molar-refractivity contribution >= 4 is 11.8 Å². The first kappa shape index (κ1) is 7.69. The quantitative estimate of drug-likeness (QED) is 0.468. The van der Waals surface area contributed by atoms with E-state index in [9.17, 15) is 0 Å². The zero-order valence-corrected chi connectivity index (χ0v) is 4.76. The minimum absolute atomic E-state index is 2.48. The van der Waals surface area contributed by atoms with Gasteiger partial charge in [0.25, 0.3) is 0 Å². The van der Waals surface area contributed by atoms with Gasteiger partial charge in [0, 0.05) is 0 Å². The van der Waals surface area contributed by atoms with Crippen molar-refractivity contribution in [1.29, 1.82) is 5.53 Å². The molecule has 0 aliphatic carbocycles. The zero-order valence-electron chi connectivity index (χ0n) is 4.01. The van der Waals surface area contributed by atoms with Crippen molar-refractivity contribution < 1.29 is 0 Å². The second-order valence-corrected chi connectivity index (χ2v) is 0.774. The van der Waals surface area contributed by atoms with Gasteiger partial charge < -0.3 is 0 Å². The van der Waals surface area contributed by atoms with E-state index in [0.717, 1.165) is 0 Å². The fourth-order valence-electron chi connectivity index (χ4n) is 0.0888. The first-order chi connectivity index (χ1) is 4.41. The average Bonchev–Trinajstić information content (AvgIpc) is 1.89. The number of rotatable bonds is 3. The van der Waals surface area contributed by atoms with Gasteiger partial charge in [0.1, 0.15) is 0 Å². The lowest BCUT2D eigenvalue weighted by Crippen LogP contribution is -1.43. The molecule has 0 saturated carbocycles. The van der Waals surface area contributed by atoms with Crippen molar-refractivity contribution in [3.8, 4) is 0 Å². The van der Waals surface area contributed by atoms with E-state index < -0.39 is 0 Å². The molecule has 0 spiro atoms. The van der Waals surface area contributed by atoms with Gasteiger partial charge in [-0.05, 0) is 31.3 Å². The largest absolute Gasteiger partial charge is 0.183 e. The molecule has 8 nitrogen and oxygen atoms in total. The lowest BCUT2D eigenvalue weighted by atomic mass is 12.4. The smallest absolute Gasteiger partial charge is 0.0622 e. The molecule has 0 aromatic carbocycles. The molecule has 0 atom stereocenters. The van der Waals surface area contributed by atoms with E-state index in [1.165, 1.54) is 0 Å². The first-order valence-electron chi connectivity index (χ1n) is 1.59. The summed E-state index contributed by atoms with van der Waals surface area (Å²) >= 11 is 4.69. The van der Waals surface area contributed by atoms with E-state index in [1.54, 1.807) is 0 Å². The molecule has 9 heavy (non-hydrogen) atoms. The van der Waals surface area contributed by atoms with Gasteiger partial charge in [-0.3, -0.25) is 0 Å². The third-order valence-corrected chi connectivity index (χ3v) is 0.306. The SMILES string of the molecule is N=N/N=N/N=N/N=NCl. The third-order valence-electron chi connectivity index (χ3n) is 0.239. The van der Waals surface area contributed by atoms with Gasteiger partial charge in [0.05, 0.1) is 11.8 Å². The Bertz CT molecular complexity index is 141. The molecular weight excluding hydrogens is 148 g/mol. The maximum atomic E-state index is 6.07. The molecule has 0 fully saturated rings. The van der Waals surface area contributed by atoms with E-state index >= 15 is 0 Å². The lowest BCUT2D eigenvalue weighted by molar-refractivity contribution is 0.796. The Morgan fingerprint density at radius 2 is 1.44 bits per heavy atom. The van der Waals surface area contributed by atoms with Crippen LogP contribution in [0, 0.1) is 5.53 Å². The third kappa shape index (κ3) is 6.69. The van der Waals surface area contributed by atoms with Crippen LogP contribution in [-0.2, 0) is 0 Å². The van der Waals surface area contributed by atoms with Crippen LogP contribution in [0.25, 0.3) is 0 Å². The summed E-state index contributed by atoms with van der Waals surface area (Å²) in [4.78, 5) is 0. The average molecular weight is 149 g/mol. The maximum Gasteiger partial charge on any atom is 0.0622 e.